The van der Waals surface area contributed by atoms with Gasteiger partial charge >= 0.3 is 0 Å². The van der Waals surface area contributed by atoms with Gasteiger partial charge in [0.15, 0.2) is 0 Å². The summed E-state index contributed by atoms with van der Waals surface area (Å²) in [4.78, 5) is 25.9. The van der Waals surface area contributed by atoms with Crippen molar-refractivity contribution >= 4 is 21.7 Å². The van der Waals surface area contributed by atoms with Crippen molar-refractivity contribution in [1.29, 1.82) is 0 Å². The molecular weight excluding hydrogens is 280 g/mol. The summed E-state index contributed by atoms with van der Waals surface area (Å²) in [5.41, 5.74) is 0. The van der Waals surface area contributed by atoms with E-state index in [0.29, 0.717) is 32.2 Å². The number of sulfone groups is 1. The van der Waals surface area contributed by atoms with Crippen LogP contribution in [0.2, 0.25) is 0 Å². The molecule has 1 unspecified atom stereocenters. The fourth-order valence-electron chi connectivity index (χ4n) is 2.90. The molecule has 2 fully saturated rings. The Morgan fingerprint density at radius 2 is 1.90 bits per heavy atom. The minimum absolute atomic E-state index is 0.0434. The Labute approximate surface area is 119 Å². The minimum atomic E-state index is -2.94. The number of nitrogens with one attached hydrogen (secondary N) is 1. The zero-order valence-electron chi connectivity index (χ0n) is 11.8. The van der Waals surface area contributed by atoms with Gasteiger partial charge in [-0.25, -0.2) is 8.42 Å². The van der Waals surface area contributed by atoms with E-state index < -0.39 is 15.9 Å². The van der Waals surface area contributed by atoms with E-state index in [0.717, 1.165) is 6.42 Å². The Morgan fingerprint density at radius 1 is 1.25 bits per heavy atom. The van der Waals surface area contributed by atoms with Crippen LogP contribution in [0.1, 0.15) is 39.0 Å². The van der Waals surface area contributed by atoms with Gasteiger partial charge in [0.05, 0.1) is 11.5 Å². The van der Waals surface area contributed by atoms with Crippen LogP contribution in [0.5, 0.6) is 0 Å². The van der Waals surface area contributed by atoms with Crippen molar-refractivity contribution in [2.75, 3.05) is 18.1 Å². The van der Waals surface area contributed by atoms with Gasteiger partial charge < -0.3 is 10.2 Å². The summed E-state index contributed by atoms with van der Waals surface area (Å²) in [6.45, 7) is 2.37. The Balaban J connectivity index is 2.09. The molecule has 0 radical (unpaired) electrons. The topological polar surface area (TPSA) is 83.6 Å². The summed E-state index contributed by atoms with van der Waals surface area (Å²) in [6.07, 6.45) is 2.73. The van der Waals surface area contributed by atoms with Crippen LogP contribution in [0, 0.1) is 0 Å². The molecule has 0 spiro atoms. The molecule has 1 N–H and O–H groups in total. The molecule has 0 aliphatic carbocycles. The number of nitrogens with zero attached hydrogens (tertiary/aromatic N) is 1. The van der Waals surface area contributed by atoms with E-state index in [-0.39, 0.29) is 29.4 Å². The average molecular weight is 302 g/mol. The Kier molecular flexibility index (Phi) is 4.67. The van der Waals surface area contributed by atoms with Gasteiger partial charge in [0, 0.05) is 19.0 Å². The van der Waals surface area contributed by atoms with Crippen LogP contribution in [0.25, 0.3) is 0 Å². The Morgan fingerprint density at radius 3 is 2.50 bits per heavy atom. The highest BCUT2D eigenvalue weighted by Crippen LogP contribution is 2.21. The van der Waals surface area contributed by atoms with Gasteiger partial charge in [0.25, 0.3) is 0 Å². The van der Waals surface area contributed by atoms with Crippen molar-refractivity contribution in [3.05, 3.63) is 0 Å². The van der Waals surface area contributed by atoms with Crippen molar-refractivity contribution in [1.82, 2.24) is 10.2 Å². The van der Waals surface area contributed by atoms with Crippen LogP contribution >= 0.6 is 0 Å². The molecule has 0 aromatic carbocycles. The monoisotopic (exact) mass is 302 g/mol. The third-order valence-corrected chi connectivity index (χ3v) is 5.75. The van der Waals surface area contributed by atoms with Crippen LogP contribution < -0.4 is 5.32 Å². The quantitative estimate of drug-likeness (QED) is 0.800. The highest BCUT2D eigenvalue weighted by molar-refractivity contribution is 7.91. The predicted molar refractivity (Wildman–Crippen MR) is 74.8 cm³/mol. The lowest BCUT2D eigenvalue weighted by molar-refractivity contribution is -0.136. The van der Waals surface area contributed by atoms with Crippen LogP contribution in [0.4, 0.5) is 0 Å². The molecule has 7 heteroatoms. The zero-order valence-corrected chi connectivity index (χ0v) is 12.6. The molecule has 114 valence electrons. The fourth-order valence-corrected chi connectivity index (χ4v) is 4.36. The molecule has 1 atom stereocenters. The lowest BCUT2D eigenvalue weighted by atomic mass is 10.1. The van der Waals surface area contributed by atoms with E-state index in [4.69, 9.17) is 0 Å². The van der Waals surface area contributed by atoms with Crippen molar-refractivity contribution < 1.29 is 18.0 Å². The number of carbonyl (C=O) groups is 2. The first-order chi connectivity index (χ1) is 9.43. The lowest BCUT2D eigenvalue weighted by Gasteiger charge is -2.34. The van der Waals surface area contributed by atoms with Gasteiger partial charge in [-0.15, -0.1) is 0 Å². The van der Waals surface area contributed by atoms with E-state index in [2.05, 4.69) is 5.32 Å². The third-order valence-electron chi connectivity index (χ3n) is 4.04. The van der Waals surface area contributed by atoms with Gasteiger partial charge in [-0.05, 0) is 19.3 Å². The maximum absolute atomic E-state index is 12.5. The number of amides is 2. The SMILES string of the molecule is CCCC1NC(=O)CCN(C2CCS(=O)(=O)CC2)C1=O. The first kappa shape index (κ1) is 15.3. The molecule has 2 saturated heterocycles. The van der Waals surface area contributed by atoms with Crippen LogP contribution in [0.3, 0.4) is 0 Å². The maximum Gasteiger partial charge on any atom is 0.245 e. The second-order valence-electron chi connectivity index (χ2n) is 5.57. The maximum atomic E-state index is 12.5. The molecule has 2 amide bonds. The lowest BCUT2D eigenvalue weighted by Crippen LogP contribution is -2.50. The molecule has 0 aromatic heterocycles. The van der Waals surface area contributed by atoms with Gasteiger partial charge in [0.2, 0.25) is 11.8 Å². The molecule has 0 aromatic rings. The molecular formula is C13H22N2O4S. The largest absolute Gasteiger partial charge is 0.344 e. The van der Waals surface area contributed by atoms with Crippen LogP contribution in [-0.2, 0) is 19.4 Å². The first-order valence-corrected chi connectivity index (χ1v) is 9.05. The Bertz CT molecular complexity index is 475. The number of hydrogen-bond acceptors (Lipinski definition) is 4. The molecule has 0 bridgehead atoms. The smallest absolute Gasteiger partial charge is 0.245 e. The fraction of sp³-hybridized carbons (Fsp3) is 0.846. The van der Waals surface area contributed by atoms with Crippen molar-refractivity contribution in [3.8, 4) is 0 Å². The molecule has 20 heavy (non-hydrogen) atoms. The standard InChI is InChI=1S/C13H22N2O4S/c1-2-3-11-13(17)15(7-4-12(16)14-11)10-5-8-20(18,19)9-6-10/h10-11H,2-9H2,1H3,(H,14,16). The highest BCUT2D eigenvalue weighted by Gasteiger charge is 2.35. The number of hydrogen-bond donors (Lipinski definition) is 1. The summed E-state index contributed by atoms with van der Waals surface area (Å²) in [7, 11) is -2.94. The van der Waals surface area contributed by atoms with E-state index >= 15 is 0 Å². The van der Waals surface area contributed by atoms with Gasteiger partial charge in [0.1, 0.15) is 15.9 Å². The van der Waals surface area contributed by atoms with Crippen molar-refractivity contribution in [2.24, 2.45) is 0 Å². The minimum Gasteiger partial charge on any atom is -0.344 e. The summed E-state index contributed by atoms with van der Waals surface area (Å²) >= 11 is 0. The summed E-state index contributed by atoms with van der Waals surface area (Å²) in [6, 6.07) is -0.494. The zero-order chi connectivity index (χ0) is 14.8. The van der Waals surface area contributed by atoms with E-state index in [1.165, 1.54) is 0 Å². The van der Waals surface area contributed by atoms with Gasteiger partial charge in [-0.1, -0.05) is 13.3 Å². The number of rotatable bonds is 3. The first-order valence-electron chi connectivity index (χ1n) is 7.23. The second kappa shape index (κ2) is 6.11. The van der Waals surface area contributed by atoms with Gasteiger partial charge in [-0.2, -0.15) is 0 Å². The van der Waals surface area contributed by atoms with Gasteiger partial charge in [-0.3, -0.25) is 9.59 Å². The Hall–Kier alpha value is -1.11. The molecule has 2 heterocycles. The predicted octanol–water partition coefficient (Wildman–Crippen LogP) is 0.0808. The molecule has 2 aliphatic heterocycles. The average Bonchev–Trinajstić information content (AvgIpc) is 2.52. The molecule has 2 aliphatic rings. The van der Waals surface area contributed by atoms with E-state index in [1.807, 2.05) is 6.92 Å². The van der Waals surface area contributed by atoms with E-state index in [9.17, 15) is 18.0 Å². The normalized spacial score (nSPS) is 28.1. The van der Waals surface area contributed by atoms with Crippen LogP contribution in [0.15, 0.2) is 0 Å². The van der Waals surface area contributed by atoms with Crippen molar-refractivity contribution in [2.45, 2.75) is 51.1 Å². The number of carbonyl (C=O) groups excluding carboxylic acids is 2. The summed E-state index contributed by atoms with van der Waals surface area (Å²) < 4.78 is 23.0. The second-order valence-corrected chi connectivity index (χ2v) is 7.88. The molecule has 2 rings (SSSR count). The third kappa shape index (κ3) is 3.50. The summed E-state index contributed by atoms with van der Waals surface area (Å²) in [5, 5.41) is 2.77. The molecule has 6 nitrogen and oxygen atoms in total. The van der Waals surface area contributed by atoms with Crippen molar-refractivity contribution in [3.63, 3.8) is 0 Å². The van der Waals surface area contributed by atoms with Crippen LogP contribution in [-0.4, -0.2) is 55.3 Å². The highest BCUT2D eigenvalue weighted by atomic mass is 32.2. The molecule has 0 saturated carbocycles. The van der Waals surface area contributed by atoms with E-state index in [1.54, 1.807) is 4.90 Å². The summed E-state index contributed by atoms with van der Waals surface area (Å²) in [5.74, 6) is 0.132.